The third-order valence-electron chi connectivity index (χ3n) is 6.09. The molecule has 9 heteroatoms. The van der Waals surface area contributed by atoms with E-state index in [1.165, 1.54) is 23.5 Å². The number of benzene rings is 2. The molecule has 0 aliphatic rings. The molecule has 0 bridgehead atoms. The minimum absolute atomic E-state index is 0.0975. The Hall–Kier alpha value is -3.17. The van der Waals surface area contributed by atoms with Gasteiger partial charge in [0.1, 0.15) is 11.6 Å². The molecule has 0 atom stereocenters. The number of hydrogen-bond donors (Lipinski definition) is 1. The minimum atomic E-state index is -3.91. The zero-order valence-electron chi connectivity index (χ0n) is 22.3. The molecule has 2 aromatic carbocycles. The lowest BCUT2D eigenvalue weighted by Crippen LogP contribution is -2.42. The highest BCUT2D eigenvalue weighted by Gasteiger charge is 2.30. The van der Waals surface area contributed by atoms with Crippen molar-refractivity contribution in [3.63, 3.8) is 0 Å². The van der Waals surface area contributed by atoms with E-state index in [-0.39, 0.29) is 16.9 Å². The zero-order chi connectivity index (χ0) is 26.8. The van der Waals surface area contributed by atoms with E-state index in [0.29, 0.717) is 11.6 Å². The van der Waals surface area contributed by atoms with Gasteiger partial charge in [-0.15, -0.1) is 0 Å². The number of nitrogens with zero attached hydrogens (tertiary/aromatic N) is 3. The van der Waals surface area contributed by atoms with Gasteiger partial charge >= 0.3 is 0 Å². The van der Waals surface area contributed by atoms with E-state index in [1.807, 2.05) is 38.1 Å². The molecule has 0 unspecified atom stereocenters. The first-order valence-electron chi connectivity index (χ1n) is 11.9. The van der Waals surface area contributed by atoms with E-state index in [0.717, 1.165) is 22.5 Å². The highest BCUT2D eigenvalue weighted by Crippen LogP contribution is 2.28. The lowest BCUT2D eigenvalue weighted by molar-refractivity contribution is -0.116. The Bertz CT molecular complexity index is 1340. The van der Waals surface area contributed by atoms with Crippen molar-refractivity contribution < 1.29 is 17.9 Å². The highest BCUT2D eigenvalue weighted by molar-refractivity contribution is 7.89. The van der Waals surface area contributed by atoms with Gasteiger partial charge in [-0.05, 0) is 69.2 Å². The Kier molecular flexibility index (Phi) is 7.95. The number of carbonyl (C=O) groups excluding carboxylic acids is 1. The molecule has 0 aliphatic heterocycles. The molecule has 1 heterocycles. The number of carbonyl (C=O) groups is 1. The lowest BCUT2D eigenvalue weighted by Gasteiger charge is -2.25. The molecule has 36 heavy (non-hydrogen) atoms. The molecule has 0 aliphatic carbocycles. The molecule has 0 saturated heterocycles. The number of aryl methyl sites for hydroxylation is 1. The molecular weight excluding hydrogens is 476 g/mol. The molecular formula is C27H36N4O4S. The molecule has 1 N–H and O–H groups in total. The topological polar surface area (TPSA) is 93.5 Å². The van der Waals surface area contributed by atoms with Crippen molar-refractivity contribution in [1.29, 1.82) is 0 Å². The SMILES string of the molecule is COc1ccc(S(=O)(=O)N(CC(=O)Nc2cc(C(C)(C)C)nn2-c2cccc(C)c2C)C(C)C)cc1. The Balaban J connectivity index is 1.94. The Labute approximate surface area is 214 Å². The molecule has 0 radical (unpaired) electrons. The summed E-state index contributed by atoms with van der Waals surface area (Å²) < 4.78 is 34.7. The van der Waals surface area contributed by atoms with Crippen LogP contribution in [0.25, 0.3) is 5.69 Å². The number of methoxy groups -OCH3 is 1. The second-order valence-corrected chi connectivity index (χ2v) is 12.1. The first kappa shape index (κ1) is 27.4. The van der Waals surface area contributed by atoms with Gasteiger partial charge in [-0.25, -0.2) is 13.1 Å². The summed E-state index contributed by atoms with van der Waals surface area (Å²) in [6.45, 7) is 13.3. The zero-order valence-corrected chi connectivity index (χ0v) is 23.1. The number of ether oxygens (including phenoxy) is 1. The fourth-order valence-electron chi connectivity index (χ4n) is 3.74. The first-order valence-corrected chi connectivity index (χ1v) is 13.3. The smallest absolute Gasteiger partial charge is 0.243 e. The summed E-state index contributed by atoms with van der Waals surface area (Å²) in [6, 6.07) is 13.5. The van der Waals surface area contributed by atoms with Crippen LogP contribution in [0.5, 0.6) is 5.75 Å². The number of anilines is 1. The van der Waals surface area contributed by atoms with E-state index in [1.54, 1.807) is 30.7 Å². The van der Waals surface area contributed by atoms with Crippen molar-refractivity contribution in [2.75, 3.05) is 19.0 Å². The second-order valence-electron chi connectivity index (χ2n) is 10.2. The molecule has 3 rings (SSSR count). The van der Waals surface area contributed by atoms with Gasteiger partial charge < -0.3 is 10.1 Å². The molecule has 0 fully saturated rings. The summed E-state index contributed by atoms with van der Waals surface area (Å²) in [7, 11) is -2.39. The highest BCUT2D eigenvalue weighted by atomic mass is 32.2. The fourth-order valence-corrected chi connectivity index (χ4v) is 5.33. The number of rotatable bonds is 8. The number of hydrogen-bond acceptors (Lipinski definition) is 5. The van der Waals surface area contributed by atoms with E-state index in [2.05, 4.69) is 26.1 Å². The van der Waals surface area contributed by atoms with Crippen LogP contribution in [0, 0.1) is 13.8 Å². The summed E-state index contributed by atoms with van der Waals surface area (Å²) in [6.07, 6.45) is 0. The standard InChI is InChI=1S/C27H36N4O4S/c1-18(2)30(36(33,34)22-14-12-21(35-8)13-15-22)17-26(32)28-25-16-24(27(5,6)7)29-31(25)23-11-9-10-19(3)20(23)4/h9-16,18H,17H2,1-8H3,(H,28,32). The molecule has 1 aromatic heterocycles. The largest absolute Gasteiger partial charge is 0.497 e. The Morgan fingerprint density at radius 2 is 1.75 bits per heavy atom. The van der Waals surface area contributed by atoms with Gasteiger partial charge in [0, 0.05) is 17.5 Å². The lowest BCUT2D eigenvalue weighted by atomic mass is 9.92. The average Bonchev–Trinajstić information content (AvgIpc) is 3.23. The van der Waals surface area contributed by atoms with Crippen LogP contribution in [0.1, 0.15) is 51.4 Å². The minimum Gasteiger partial charge on any atom is -0.497 e. The number of amides is 1. The predicted molar refractivity (Wildman–Crippen MR) is 142 cm³/mol. The van der Waals surface area contributed by atoms with Crippen LogP contribution in [-0.2, 0) is 20.2 Å². The van der Waals surface area contributed by atoms with Gasteiger partial charge in [0.25, 0.3) is 0 Å². The third-order valence-corrected chi connectivity index (χ3v) is 8.13. The summed E-state index contributed by atoms with van der Waals surface area (Å²) >= 11 is 0. The van der Waals surface area contributed by atoms with Gasteiger partial charge in [0.2, 0.25) is 15.9 Å². The van der Waals surface area contributed by atoms with Gasteiger partial charge in [0.15, 0.2) is 0 Å². The van der Waals surface area contributed by atoms with E-state index >= 15 is 0 Å². The van der Waals surface area contributed by atoms with Crippen LogP contribution < -0.4 is 10.1 Å². The van der Waals surface area contributed by atoms with Crippen LogP contribution in [0.3, 0.4) is 0 Å². The van der Waals surface area contributed by atoms with Gasteiger partial charge in [-0.2, -0.15) is 9.40 Å². The third kappa shape index (κ3) is 5.79. The van der Waals surface area contributed by atoms with Crippen LogP contribution in [-0.4, -0.2) is 48.1 Å². The number of sulfonamides is 1. The van der Waals surface area contributed by atoms with Crippen LogP contribution in [0.15, 0.2) is 53.4 Å². The van der Waals surface area contributed by atoms with Gasteiger partial charge in [0.05, 0.1) is 29.9 Å². The normalized spacial score (nSPS) is 12.3. The average molecular weight is 513 g/mol. The summed E-state index contributed by atoms with van der Waals surface area (Å²) in [5, 5.41) is 7.70. The second kappa shape index (κ2) is 10.4. The van der Waals surface area contributed by atoms with Gasteiger partial charge in [-0.3, -0.25) is 4.79 Å². The molecule has 0 spiro atoms. The van der Waals surface area contributed by atoms with Crippen LogP contribution in [0.2, 0.25) is 0 Å². The summed E-state index contributed by atoms with van der Waals surface area (Å²) in [5.74, 6) is 0.592. The Morgan fingerprint density at radius 1 is 1.11 bits per heavy atom. The quantitative estimate of drug-likeness (QED) is 0.466. The van der Waals surface area contributed by atoms with E-state index in [9.17, 15) is 13.2 Å². The fraction of sp³-hybridized carbons (Fsp3) is 0.407. The van der Waals surface area contributed by atoms with E-state index in [4.69, 9.17) is 9.84 Å². The summed E-state index contributed by atoms with van der Waals surface area (Å²) in [5.41, 5.74) is 3.57. The molecule has 8 nitrogen and oxygen atoms in total. The van der Waals surface area contributed by atoms with Crippen LogP contribution in [0.4, 0.5) is 5.82 Å². The van der Waals surface area contributed by atoms with Crippen molar-refractivity contribution in [2.45, 2.75) is 64.8 Å². The molecule has 0 saturated carbocycles. The first-order chi connectivity index (χ1) is 16.8. The van der Waals surface area contributed by atoms with E-state index < -0.39 is 22.0 Å². The molecule has 194 valence electrons. The molecule has 1 amide bonds. The maximum Gasteiger partial charge on any atom is 0.243 e. The van der Waals surface area contributed by atoms with Gasteiger partial charge in [-0.1, -0.05) is 32.9 Å². The number of nitrogens with one attached hydrogen (secondary N) is 1. The molecule has 3 aromatic rings. The van der Waals surface area contributed by atoms with Crippen molar-refractivity contribution in [3.05, 3.63) is 65.4 Å². The summed E-state index contributed by atoms with van der Waals surface area (Å²) in [4.78, 5) is 13.3. The van der Waals surface area contributed by atoms with Crippen molar-refractivity contribution >= 4 is 21.7 Å². The van der Waals surface area contributed by atoms with Crippen molar-refractivity contribution in [1.82, 2.24) is 14.1 Å². The monoisotopic (exact) mass is 512 g/mol. The maximum absolute atomic E-state index is 13.4. The van der Waals surface area contributed by atoms with Crippen molar-refractivity contribution in [3.8, 4) is 11.4 Å². The number of aromatic nitrogens is 2. The van der Waals surface area contributed by atoms with Crippen LogP contribution >= 0.6 is 0 Å². The maximum atomic E-state index is 13.4. The Morgan fingerprint density at radius 3 is 2.31 bits per heavy atom. The van der Waals surface area contributed by atoms with Crippen molar-refractivity contribution in [2.24, 2.45) is 0 Å². The predicted octanol–water partition coefficient (Wildman–Crippen LogP) is 4.83.